The molecule has 0 heterocycles. The van der Waals surface area contributed by atoms with E-state index in [4.69, 9.17) is 0 Å². The molecule has 1 aromatic rings. The first-order chi connectivity index (χ1) is 9.45. The second-order valence-electron chi connectivity index (χ2n) is 3.70. The molecule has 0 fully saturated rings. The van der Waals surface area contributed by atoms with Gasteiger partial charge in [-0.05, 0) is 6.07 Å². The highest BCUT2D eigenvalue weighted by Gasteiger charge is 2.18. The van der Waals surface area contributed by atoms with Gasteiger partial charge in [-0.3, -0.25) is 19.7 Å². The predicted molar refractivity (Wildman–Crippen MR) is 74.8 cm³/mol. The summed E-state index contributed by atoms with van der Waals surface area (Å²) in [5.74, 6) is 5.28. The molecule has 0 saturated heterocycles. The number of hydrogen-bond donors (Lipinski definition) is 1. The number of aldehydes is 1. The van der Waals surface area contributed by atoms with Crippen molar-refractivity contribution >= 4 is 28.9 Å². The van der Waals surface area contributed by atoms with Gasteiger partial charge in [0.1, 0.15) is 0 Å². The number of nitrogens with zero attached hydrogens (tertiary/aromatic N) is 1. The van der Waals surface area contributed by atoms with E-state index in [1.165, 1.54) is 13.0 Å². The van der Waals surface area contributed by atoms with Crippen LogP contribution in [0, 0.1) is 22.0 Å². The maximum Gasteiger partial charge on any atom is 0.312 e. The molecule has 0 aliphatic carbocycles. The molecule has 0 atom stereocenters. The Labute approximate surface area is 119 Å². The van der Waals surface area contributed by atoms with Gasteiger partial charge in [-0.15, -0.1) is 0 Å². The minimum absolute atomic E-state index is 0.00434. The van der Waals surface area contributed by atoms with E-state index in [-0.39, 0.29) is 16.2 Å². The first-order valence-corrected chi connectivity index (χ1v) is 6.53. The predicted octanol–water partition coefficient (Wildman–Crippen LogP) is 2.13. The summed E-state index contributed by atoms with van der Waals surface area (Å²) in [6.45, 7) is 1.46. The van der Waals surface area contributed by atoms with Gasteiger partial charge in [-0.1, -0.05) is 23.6 Å². The Morgan fingerprint density at radius 1 is 1.55 bits per heavy atom. The second kappa shape index (κ2) is 7.31. The molecule has 7 heteroatoms. The number of aromatic hydroxyl groups is 1. The molecule has 0 aliphatic rings. The molecule has 0 spiro atoms. The molecule has 1 rings (SSSR count). The minimum Gasteiger partial charge on any atom is -0.502 e. The fraction of sp³-hybridized carbons (Fsp3) is 0.231. The van der Waals surface area contributed by atoms with Gasteiger partial charge in [0.05, 0.1) is 10.5 Å². The second-order valence-corrected chi connectivity index (χ2v) is 4.97. The lowest BCUT2D eigenvalue weighted by Crippen LogP contribution is -1.94. The highest BCUT2D eigenvalue weighted by molar-refractivity contribution is 8.13. The Kier molecular flexibility index (Phi) is 5.74. The number of rotatable bonds is 4. The van der Waals surface area contributed by atoms with Crippen molar-refractivity contribution in [2.45, 2.75) is 13.3 Å². The number of carbonyl (C=O) groups excluding carboxylic acids is 2. The Balaban J connectivity index is 2.93. The first kappa shape index (κ1) is 15.7. The van der Waals surface area contributed by atoms with Crippen LogP contribution in [0.15, 0.2) is 12.1 Å². The normalized spacial score (nSPS) is 9.45. The van der Waals surface area contributed by atoms with Gasteiger partial charge in [-0.25, -0.2) is 0 Å². The number of benzene rings is 1. The van der Waals surface area contributed by atoms with Crippen molar-refractivity contribution in [1.29, 1.82) is 0 Å². The van der Waals surface area contributed by atoms with Crippen molar-refractivity contribution in [2.75, 3.05) is 5.75 Å². The van der Waals surface area contributed by atoms with Gasteiger partial charge in [0, 0.05) is 30.7 Å². The number of phenols is 1. The van der Waals surface area contributed by atoms with E-state index in [1.807, 2.05) is 0 Å². The SMILES string of the molecule is CC(=O)SCCC#Cc1cc(C=O)c(O)c([N+](=O)[O-])c1. The average Bonchev–Trinajstić information content (AvgIpc) is 2.39. The van der Waals surface area contributed by atoms with Crippen LogP contribution < -0.4 is 0 Å². The van der Waals surface area contributed by atoms with Gasteiger partial charge in [0.2, 0.25) is 5.75 Å². The molecule has 1 N–H and O–H groups in total. The van der Waals surface area contributed by atoms with Gasteiger partial charge >= 0.3 is 5.69 Å². The molecule has 104 valence electrons. The Morgan fingerprint density at radius 2 is 2.25 bits per heavy atom. The zero-order valence-corrected chi connectivity index (χ0v) is 11.4. The van der Waals surface area contributed by atoms with E-state index in [0.29, 0.717) is 18.5 Å². The van der Waals surface area contributed by atoms with Gasteiger partial charge in [0.25, 0.3) is 0 Å². The fourth-order valence-electron chi connectivity index (χ4n) is 1.35. The standard InChI is InChI=1S/C13H11NO5S/c1-9(16)20-5-3-2-4-10-6-11(8-15)13(17)12(7-10)14(18)19/h6-8,17H,3,5H2,1H3. The van der Waals surface area contributed by atoms with Crippen molar-refractivity contribution in [1.82, 2.24) is 0 Å². The van der Waals surface area contributed by atoms with E-state index in [2.05, 4.69) is 11.8 Å². The highest BCUT2D eigenvalue weighted by Crippen LogP contribution is 2.29. The largest absolute Gasteiger partial charge is 0.502 e. The topological polar surface area (TPSA) is 97.5 Å². The summed E-state index contributed by atoms with van der Waals surface area (Å²) < 4.78 is 0. The van der Waals surface area contributed by atoms with Crippen molar-refractivity contribution < 1.29 is 19.6 Å². The summed E-state index contributed by atoms with van der Waals surface area (Å²) in [5.41, 5.74) is -0.469. The first-order valence-electron chi connectivity index (χ1n) is 5.54. The van der Waals surface area contributed by atoms with Crippen LogP contribution in [-0.4, -0.2) is 27.2 Å². The van der Waals surface area contributed by atoms with Crippen molar-refractivity contribution in [2.24, 2.45) is 0 Å². The molecular weight excluding hydrogens is 282 g/mol. The van der Waals surface area contributed by atoms with Crippen LogP contribution in [0.5, 0.6) is 5.75 Å². The summed E-state index contributed by atoms with van der Waals surface area (Å²) in [5, 5.41) is 20.2. The average molecular weight is 293 g/mol. The van der Waals surface area contributed by atoms with Crippen LogP contribution in [0.1, 0.15) is 29.3 Å². The van der Waals surface area contributed by atoms with E-state index >= 15 is 0 Å². The third-order valence-corrected chi connectivity index (χ3v) is 3.02. The fourth-order valence-corrected chi connectivity index (χ4v) is 1.84. The van der Waals surface area contributed by atoms with E-state index in [1.54, 1.807) is 0 Å². The molecular formula is C13H11NO5S. The number of thioether (sulfide) groups is 1. The Morgan fingerprint density at radius 3 is 2.80 bits per heavy atom. The molecule has 0 saturated carbocycles. The molecule has 0 unspecified atom stereocenters. The third kappa shape index (κ3) is 4.40. The van der Waals surface area contributed by atoms with Crippen LogP contribution in [0.4, 0.5) is 5.69 Å². The van der Waals surface area contributed by atoms with E-state index in [0.717, 1.165) is 17.8 Å². The molecule has 1 aromatic carbocycles. The molecule has 0 bridgehead atoms. The van der Waals surface area contributed by atoms with Gasteiger partial charge < -0.3 is 5.11 Å². The number of phenolic OH excluding ortho intramolecular Hbond substituents is 1. The number of nitro benzene ring substituents is 1. The minimum atomic E-state index is -0.779. The lowest BCUT2D eigenvalue weighted by molar-refractivity contribution is -0.385. The van der Waals surface area contributed by atoms with E-state index < -0.39 is 16.4 Å². The summed E-state index contributed by atoms with van der Waals surface area (Å²) in [6.07, 6.45) is 0.772. The Hall–Kier alpha value is -2.33. The molecule has 0 amide bonds. The molecule has 20 heavy (non-hydrogen) atoms. The number of nitro groups is 1. The monoisotopic (exact) mass is 293 g/mol. The quantitative estimate of drug-likeness (QED) is 0.300. The molecule has 6 nitrogen and oxygen atoms in total. The zero-order chi connectivity index (χ0) is 15.1. The number of carbonyl (C=O) groups is 2. The maximum atomic E-state index is 10.7. The molecule has 0 radical (unpaired) electrons. The van der Waals surface area contributed by atoms with Crippen molar-refractivity contribution in [3.8, 4) is 17.6 Å². The van der Waals surface area contributed by atoms with Crippen LogP contribution in [-0.2, 0) is 4.79 Å². The summed E-state index contributed by atoms with van der Waals surface area (Å²) in [7, 11) is 0. The number of hydrogen-bond acceptors (Lipinski definition) is 6. The third-order valence-electron chi connectivity index (χ3n) is 2.21. The molecule has 0 aliphatic heterocycles. The van der Waals surface area contributed by atoms with E-state index in [9.17, 15) is 24.8 Å². The lowest BCUT2D eigenvalue weighted by Gasteiger charge is -2.00. The summed E-state index contributed by atoms with van der Waals surface area (Å²) >= 11 is 1.14. The van der Waals surface area contributed by atoms with Crippen molar-refractivity contribution in [3.05, 3.63) is 33.4 Å². The molecule has 0 aromatic heterocycles. The highest BCUT2D eigenvalue weighted by atomic mass is 32.2. The summed E-state index contributed by atoms with van der Waals surface area (Å²) in [4.78, 5) is 31.4. The zero-order valence-electron chi connectivity index (χ0n) is 10.6. The van der Waals surface area contributed by atoms with Crippen LogP contribution in [0.25, 0.3) is 0 Å². The smallest absolute Gasteiger partial charge is 0.312 e. The maximum absolute atomic E-state index is 10.7. The van der Waals surface area contributed by atoms with Gasteiger partial charge in [0.15, 0.2) is 11.4 Å². The van der Waals surface area contributed by atoms with Crippen molar-refractivity contribution in [3.63, 3.8) is 0 Å². The van der Waals surface area contributed by atoms with Gasteiger partial charge in [-0.2, -0.15) is 0 Å². The van der Waals surface area contributed by atoms with Crippen LogP contribution in [0.2, 0.25) is 0 Å². The van der Waals surface area contributed by atoms with Crippen LogP contribution >= 0.6 is 11.8 Å². The van der Waals surface area contributed by atoms with Crippen LogP contribution in [0.3, 0.4) is 0 Å². The summed E-state index contributed by atoms with van der Waals surface area (Å²) in [6, 6.07) is 2.38. The Bertz CT molecular complexity index is 615. The lowest BCUT2D eigenvalue weighted by atomic mass is 10.1.